The van der Waals surface area contributed by atoms with E-state index in [2.05, 4.69) is 5.32 Å². The van der Waals surface area contributed by atoms with Crippen LogP contribution in [0.4, 0.5) is 0 Å². The Bertz CT molecular complexity index is 556. The molecule has 3 rings (SSSR count). The fourth-order valence-electron chi connectivity index (χ4n) is 3.05. The predicted molar refractivity (Wildman–Crippen MR) is 73.5 cm³/mol. The Morgan fingerprint density at radius 2 is 2.15 bits per heavy atom. The van der Waals surface area contributed by atoms with Crippen LogP contribution < -0.4 is 5.32 Å². The molecular weight excluding hydrogens is 256 g/mol. The van der Waals surface area contributed by atoms with Crippen molar-refractivity contribution < 1.29 is 14.7 Å². The molecule has 1 saturated heterocycles. The highest BCUT2D eigenvalue weighted by Gasteiger charge is 2.34. The van der Waals surface area contributed by atoms with E-state index in [9.17, 15) is 9.59 Å². The molecule has 0 aromatic heterocycles. The standard InChI is InChI=1S/C15H18N2O3/c18-14(17-7-1-2-13(17)15(19)20)11-4-3-10-5-6-16-9-12(10)8-11/h3-4,8,13,16H,1-2,5-7,9H2,(H,19,20)/t13-/m0/s1. The topological polar surface area (TPSA) is 69.6 Å². The second-order valence-electron chi connectivity index (χ2n) is 5.41. The van der Waals surface area contributed by atoms with E-state index in [-0.39, 0.29) is 5.91 Å². The van der Waals surface area contributed by atoms with E-state index in [1.165, 1.54) is 10.5 Å². The lowest BCUT2D eigenvalue weighted by Crippen LogP contribution is -2.40. The maximum Gasteiger partial charge on any atom is 0.326 e. The summed E-state index contributed by atoms with van der Waals surface area (Å²) in [5.74, 6) is -1.07. The van der Waals surface area contributed by atoms with Crippen LogP contribution in [0.1, 0.15) is 34.3 Å². The lowest BCUT2D eigenvalue weighted by atomic mass is 9.98. The lowest BCUT2D eigenvalue weighted by molar-refractivity contribution is -0.141. The second kappa shape index (κ2) is 5.25. The van der Waals surface area contributed by atoms with Gasteiger partial charge in [0.05, 0.1) is 0 Å². The molecule has 0 bridgehead atoms. The van der Waals surface area contributed by atoms with Crippen LogP contribution in [0.25, 0.3) is 0 Å². The molecule has 2 aliphatic rings. The number of aliphatic carboxylic acids is 1. The van der Waals surface area contributed by atoms with Crippen LogP contribution in [0, 0.1) is 0 Å². The fourth-order valence-corrected chi connectivity index (χ4v) is 3.05. The number of carboxylic acids is 1. The van der Waals surface area contributed by atoms with Crippen molar-refractivity contribution in [3.63, 3.8) is 0 Å². The smallest absolute Gasteiger partial charge is 0.326 e. The molecule has 20 heavy (non-hydrogen) atoms. The molecule has 0 radical (unpaired) electrons. The van der Waals surface area contributed by atoms with Gasteiger partial charge in [-0.3, -0.25) is 4.79 Å². The molecule has 0 aliphatic carbocycles. The molecule has 0 spiro atoms. The zero-order valence-corrected chi connectivity index (χ0v) is 11.3. The average molecular weight is 274 g/mol. The second-order valence-corrected chi connectivity index (χ2v) is 5.41. The number of benzene rings is 1. The quantitative estimate of drug-likeness (QED) is 0.845. The highest BCUT2D eigenvalue weighted by molar-refractivity contribution is 5.97. The zero-order valence-electron chi connectivity index (χ0n) is 11.3. The maximum absolute atomic E-state index is 12.5. The molecular formula is C15H18N2O3. The SMILES string of the molecule is O=C(O)[C@@H]1CCCN1C(=O)c1ccc2c(c1)CNCC2. The number of carbonyl (C=O) groups excluding carboxylic acids is 1. The van der Waals surface area contributed by atoms with Crippen molar-refractivity contribution in [3.8, 4) is 0 Å². The largest absolute Gasteiger partial charge is 0.480 e. The van der Waals surface area contributed by atoms with Crippen LogP contribution in [0.15, 0.2) is 18.2 Å². The van der Waals surface area contributed by atoms with Crippen molar-refractivity contribution in [3.05, 3.63) is 34.9 Å². The van der Waals surface area contributed by atoms with Crippen LogP contribution in [-0.4, -0.2) is 41.0 Å². The average Bonchev–Trinajstić information content (AvgIpc) is 2.95. The molecule has 5 heteroatoms. The van der Waals surface area contributed by atoms with E-state index in [0.29, 0.717) is 18.5 Å². The molecule has 2 heterocycles. The third kappa shape index (κ3) is 2.29. The molecule has 5 nitrogen and oxygen atoms in total. The van der Waals surface area contributed by atoms with Gasteiger partial charge in [-0.15, -0.1) is 0 Å². The van der Waals surface area contributed by atoms with Gasteiger partial charge in [0, 0.05) is 18.7 Å². The minimum absolute atomic E-state index is 0.164. The van der Waals surface area contributed by atoms with Crippen molar-refractivity contribution >= 4 is 11.9 Å². The summed E-state index contributed by atoms with van der Waals surface area (Å²) in [6, 6.07) is 5.05. The number of fused-ring (bicyclic) bond motifs is 1. The fraction of sp³-hybridized carbons (Fsp3) is 0.467. The molecule has 106 valence electrons. The molecule has 1 fully saturated rings. The number of nitrogens with one attached hydrogen (secondary N) is 1. The van der Waals surface area contributed by atoms with Crippen molar-refractivity contribution in [1.29, 1.82) is 0 Å². The number of hydrogen-bond acceptors (Lipinski definition) is 3. The summed E-state index contributed by atoms with van der Waals surface area (Å²) in [6.07, 6.45) is 2.29. The number of carboxylic acid groups (broad SMARTS) is 1. The van der Waals surface area contributed by atoms with Gasteiger partial charge in [-0.25, -0.2) is 4.79 Å². The summed E-state index contributed by atoms with van der Waals surface area (Å²) in [6.45, 7) is 2.28. The molecule has 2 N–H and O–H groups in total. The number of hydrogen-bond donors (Lipinski definition) is 2. The molecule has 1 atom stereocenters. The van der Waals surface area contributed by atoms with Gasteiger partial charge in [-0.1, -0.05) is 6.07 Å². The predicted octanol–water partition coefficient (Wildman–Crippen LogP) is 1.02. The Morgan fingerprint density at radius 1 is 1.30 bits per heavy atom. The van der Waals surface area contributed by atoms with Gasteiger partial charge in [0.25, 0.3) is 5.91 Å². The molecule has 1 aromatic carbocycles. The maximum atomic E-state index is 12.5. The van der Waals surface area contributed by atoms with Gasteiger partial charge in [0.2, 0.25) is 0 Å². The van der Waals surface area contributed by atoms with Crippen molar-refractivity contribution in [2.45, 2.75) is 31.8 Å². The monoisotopic (exact) mass is 274 g/mol. The van der Waals surface area contributed by atoms with Crippen molar-refractivity contribution in [2.75, 3.05) is 13.1 Å². The Kier molecular flexibility index (Phi) is 3.44. The first-order valence-corrected chi connectivity index (χ1v) is 7.03. The summed E-state index contributed by atoms with van der Waals surface area (Å²) >= 11 is 0. The summed E-state index contributed by atoms with van der Waals surface area (Å²) in [5, 5.41) is 12.5. The van der Waals surface area contributed by atoms with Gasteiger partial charge >= 0.3 is 5.97 Å². The van der Waals surface area contributed by atoms with E-state index in [4.69, 9.17) is 5.11 Å². The minimum atomic E-state index is -0.907. The summed E-state index contributed by atoms with van der Waals surface area (Å²) in [4.78, 5) is 25.2. The van der Waals surface area contributed by atoms with E-state index in [1.807, 2.05) is 18.2 Å². The van der Waals surface area contributed by atoms with E-state index in [0.717, 1.165) is 31.5 Å². The van der Waals surface area contributed by atoms with Gasteiger partial charge in [-0.2, -0.15) is 0 Å². The first kappa shape index (κ1) is 13.1. The van der Waals surface area contributed by atoms with E-state index in [1.54, 1.807) is 0 Å². The number of rotatable bonds is 2. The van der Waals surface area contributed by atoms with Gasteiger partial charge < -0.3 is 15.3 Å². The summed E-state index contributed by atoms with van der Waals surface area (Å²) in [5.41, 5.74) is 3.02. The van der Waals surface area contributed by atoms with Crippen LogP contribution in [0.2, 0.25) is 0 Å². The number of amides is 1. The van der Waals surface area contributed by atoms with Gasteiger partial charge in [0.15, 0.2) is 0 Å². The minimum Gasteiger partial charge on any atom is -0.480 e. The van der Waals surface area contributed by atoms with Crippen LogP contribution in [-0.2, 0) is 17.8 Å². The van der Waals surface area contributed by atoms with Gasteiger partial charge in [-0.05, 0) is 49.1 Å². The van der Waals surface area contributed by atoms with Crippen LogP contribution >= 0.6 is 0 Å². The Balaban J connectivity index is 1.85. The molecule has 0 unspecified atom stereocenters. The number of carbonyl (C=O) groups is 2. The number of likely N-dealkylation sites (tertiary alicyclic amines) is 1. The highest BCUT2D eigenvalue weighted by Crippen LogP contribution is 2.22. The van der Waals surface area contributed by atoms with E-state index >= 15 is 0 Å². The lowest BCUT2D eigenvalue weighted by Gasteiger charge is -2.23. The van der Waals surface area contributed by atoms with Crippen molar-refractivity contribution in [1.82, 2.24) is 10.2 Å². The normalized spacial score (nSPS) is 21.6. The highest BCUT2D eigenvalue weighted by atomic mass is 16.4. The van der Waals surface area contributed by atoms with Gasteiger partial charge in [0.1, 0.15) is 6.04 Å². The molecule has 0 saturated carbocycles. The van der Waals surface area contributed by atoms with Crippen molar-refractivity contribution in [2.24, 2.45) is 0 Å². The van der Waals surface area contributed by atoms with Crippen LogP contribution in [0.5, 0.6) is 0 Å². The van der Waals surface area contributed by atoms with Crippen LogP contribution in [0.3, 0.4) is 0 Å². The molecule has 1 amide bonds. The van der Waals surface area contributed by atoms with E-state index < -0.39 is 12.0 Å². The number of nitrogens with zero attached hydrogens (tertiary/aromatic N) is 1. The first-order chi connectivity index (χ1) is 9.66. The summed E-state index contributed by atoms with van der Waals surface area (Å²) < 4.78 is 0. The summed E-state index contributed by atoms with van der Waals surface area (Å²) in [7, 11) is 0. The Morgan fingerprint density at radius 3 is 2.95 bits per heavy atom. The third-order valence-electron chi connectivity index (χ3n) is 4.14. The zero-order chi connectivity index (χ0) is 14.1. The third-order valence-corrected chi connectivity index (χ3v) is 4.14. The Labute approximate surface area is 117 Å². The first-order valence-electron chi connectivity index (χ1n) is 7.03. The molecule has 2 aliphatic heterocycles. The molecule has 1 aromatic rings. The Hall–Kier alpha value is -1.88.